The van der Waals surface area contributed by atoms with Crippen molar-refractivity contribution in [1.82, 2.24) is 10.6 Å². The second-order valence-corrected chi connectivity index (χ2v) is 4.08. The van der Waals surface area contributed by atoms with E-state index in [9.17, 15) is 9.59 Å². The van der Waals surface area contributed by atoms with E-state index in [-0.39, 0.29) is 12.6 Å². The first-order chi connectivity index (χ1) is 9.15. The van der Waals surface area contributed by atoms with Crippen LogP contribution in [0.15, 0.2) is 30.3 Å². The highest BCUT2D eigenvalue weighted by molar-refractivity contribution is 5.79. The summed E-state index contributed by atoms with van der Waals surface area (Å²) in [6, 6.07) is 8.43. The number of rotatable bonds is 7. The van der Waals surface area contributed by atoms with Crippen LogP contribution in [-0.4, -0.2) is 36.7 Å². The Kier molecular flexibility index (Phi) is 6.38. The molecule has 6 heteroatoms. The molecule has 5 N–H and O–H groups in total. The fourth-order valence-corrected chi connectivity index (χ4v) is 1.59. The lowest BCUT2D eigenvalue weighted by Gasteiger charge is -2.14. The van der Waals surface area contributed by atoms with Gasteiger partial charge in [-0.1, -0.05) is 30.3 Å². The van der Waals surface area contributed by atoms with Gasteiger partial charge < -0.3 is 21.5 Å². The molecule has 0 aliphatic rings. The molecule has 104 valence electrons. The first-order valence-corrected chi connectivity index (χ1v) is 6.14. The first kappa shape index (κ1) is 15.0. The van der Waals surface area contributed by atoms with Crippen LogP contribution in [-0.2, 0) is 4.79 Å². The Hall–Kier alpha value is -2.08. The molecule has 0 aliphatic carbocycles. The second-order valence-electron chi connectivity index (χ2n) is 4.08. The number of hydrogen-bond donors (Lipinski definition) is 4. The van der Waals surface area contributed by atoms with Crippen molar-refractivity contribution in [2.24, 2.45) is 5.73 Å². The van der Waals surface area contributed by atoms with Crippen LogP contribution in [0.2, 0.25) is 0 Å². The highest BCUT2D eigenvalue weighted by Crippen LogP contribution is 2.14. The summed E-state index contributed by atoms with van der Waals surface area (Å²) in [6.07, 6.45) is 0.689. The Labute approximate surface area is 112 Å². The smallest absolute Gasteiger partial charge is 0.314 e. The van der Waals surface area contributed by atoms with Crippen molar-refractivity contribution in [3.63, 3.8) is 0 Å². The zero-order valence-corrected chi connectivity index (χ0v) is 10.6. The van der Waals surface area contributed by atoms with Gasteiger partial charge in [-0.15, -0.1) is 0 Å². The Balaban J connectivity index is 2.47. The van der Waals surface area contributed by atoms with Gasteiger partial charge in [0.2, 0.25) is 0 Å². The molecule has 0 radical (unpaired) electrons. The predicted molar refractivity (Wildman–Crippen MR) is 71.9 cm³/mol. The molecule has 0 spiro atoms. The molecular formula is C13H19N3O3. The highest BCUT2D eigenvalue weighted by Gasteiger charge is 2.20. The zero-order chi connectivity index (χ0) is 14.1. The fraction of sp³-hybridized carbons (Fsp3) is 0.385. The minimum atomic E-state index is -0.964. The van der Waals surface area contributed by atoms with Crippen molar-refractivity contribution in [1.29, 1.82) is 0 Å². The number of carboxylic acids is 1. The van der Waals surface area contributed by atoms with Crippen molar-refractivity contribution in [2.75, 3.05) is 19.6 Å². The van der Waals surface area contributed by atoms with Crippen LogP contribution >= 0.6 is 0 Å². The molecule has 0 saturated heterocycles. The average molecular weight is 265 g/mol. The largest absolute Gasteiger partial charge is 0.481 e. The standard InChI is InChI=1S/C13H19N3O3/c14-7-4-8-15-13(19)16-9-11(12(17)18)10-5-2-1-3-6-10/h1-3,5-6,11H,4,7-9,14H2,(H,17,18)(H2,15,16,19). The van der Waals surface area contributed by atoms with E-state index in [4.69, 9.17) is 10.8 Å². The molecule has 0 aliphatic heterocycles. The van der Waals surface area contributed by atoms with Gasteiger partial charge in [-0.25, -0.2) is 4.79 Å². The monoisotopic (exact) mass is 265 g/mol. The molecule has 0 saturated carbocycles. The maximum atomic E-state index is 11.4. The second kappa shape index (κ2) is 8.10. The Morgan fingerprint density at radius 1 is 1.21 bits per heavy atom. The van der Waals surface area contributed by atoms with Crippen LogP contribution in [0.25, 0.3) is 0 Å². The van der Waals surface area contributed by atoms with Crippen molar-refractivity contribution < 1.29 is 14.7 Å². The lowest BCUT2D eigenvalue weighted by Crippen LogP contribution is -2.39. The maximum Gasteiger partial charge on any atom is 0.314 e. The third-order valence-electron chi connectivity index (χ3n) is 2.63. The minimum absolute atomic E-state index is 0.0494. The fourth-order valence-electron chi connectivity index (χ4n) is 1.59. The number of amides is 2. The van der Waals surface area contributed by atoms with Gasteiger partial charge in [0.15, 0.2) is 0 Å². The molecule has 6 nitrogen and oxygen atoms in total. The van der Waals surface area contributed by atoms with E-state index < -0.39 is 11.9 Å². The minimum Gasteiger partial charge on any atom is -0.481 e. The summed E-state index contributed by atoms with van der Waals surface area (Å²) >= 11 is 0. The van der Waals surface area contributed by atoms with Crippen LogP contribution in [0.3, 0.4) is 0 Å². The molecule has 1 aromatic rings. The molecule has 0 fully saturated rings. The number of carbonyl (C=O) groups excluding carboxylic acids is 1. The van der Waals surface area contributed by atoms with Gasteiger partial charge in [-0.05, 0) is 18.5 Å². The van der Waals surface area contributed by atoms with Gasteiger partial charge in [-0.3, -0.25) is 4.79 Å². The molecule has 0 heterocycles. The topological polar surface area (TPSA) is 104 Å². The van der Waals surface area contributed by atoms with E-state index >= 15 is 0 Å². The number of hydrogen-bond acceptors (Lipinski definition) is 3. The summed E-state index contributed by atoms with van der Waals surface area (Å²) in [5, 5.41) is 14.3. The summed E-state index contributed by atoms with van der Waals surface area (Å²) in [7, 11) is 0. The van der Waals surface area contributed by atoms with Crippen LogP contribution < -0.4 is 16.4 Å². The molecule has 1 unspecified atom stereocenters. The predicted octanol–water partition coefficient (Wildman–Crippen LogP) is 0.503. The molecule has 2 amide bonds. The molecule has 1 aromatic carbocycles. The summed E-state index contributed by atoms with van der Waals surface area (Å²) in [5.74, 6) is -1.71. The van der Waals surface area contributed by atoms with Crippen molar-refractivity contribution in [3.8, 4) is 0 Å². The van der Waals surface area contributed by atoms with Gasteiger partial charge in [0, 0.05) is 13.1 Å². The quantitative estimate of drug-likeness (QED) is 0.539. The maximum absolute atomic E-state index is 11.4. The van der Waals surface area contributed by atoms with Gasteiger partial charge in [-0.2, -0.15) is 0 Å². The van der Waals surface area contributed by atoms with E-state index in [0.29, 0.717) is 25.1 Å². The van der Waals surface area contributed by atoms with Gasteiger partial charge >= 0.3 is 12.0 Å². The van der Waals surface area contributed by atoms with Crippen molar-refractivity contribution in [3.05, 3.63) is 35.9 Å². The number of nitrogens with one attached hydrogen (secondary N) is 2. The SMILES string of the molecule is NCCCNC(=O)NCC(C(=O)O)c1ccccc1. The highest BCUT2D eigenvalue weighted by atomic mass is 16.4. The van der Waals surface area contributed by atoms with Crippen molar-refractivity contribution >= 4 is 12.0 Å². The normalized spacial score (nSPS) is 11.6. The van der Waals surface area contributed by atoms with E-state index in [2.05, 4.69) is 10.6 Å². The molecule has 19 heavy (non-hydrogen) atoms. The number of carboxylic acid groups (broad SMARTS) is 1. The molecular weight excluding hydrogens is 246 g/mol. The van der Waals surface area contributed by atoms with Crippen LogP contribution in [0, 0.1) is 0 Å². The number of nitrogens with two attached hydrogens (primary N) is 1. The summed E-state index contributed by atoms with van der Waals surface area (Å²) in [4.78, 5) is 22.6. The Morgan fingerprint density at radius 2 is 1.89 bits per heavy atom. The van der Waals surface area contributed by atoms with Crippen LogP contribution in [0.4, 0.5) is 4.79 Å². The molecule has 0 aromatic heterocycles. The van der Waals surface area contributed by atoms with E-state index in [1.807, 2.05) is 6.07 Å². The van der Waals surface area contributed by atoms with Gasteiger partial charge in [0.25, 0.3) is 0 Å². The van der Waals surface area contributed by atoms with Crippen molar-refractivity contribution in [2.45, 2.75) is 12.3 Å². The molecule has 1 atom stereocenters. The first-order valence-electron chi connectivity index (χ1n) is 6.14. The summed E-state index contributed by atoms with van der Waals surface area (Å²) in [5.41, 5.74) is 5.97. The third-order valence-corrected chi connectivity index (χ3v) is 2.63. The average Bonchev–Trinajstić information content (AvgIpc) is 2.40. The van der Waals surface area contributed by atoms with E-state index in [1.54, 1.807) is 24.3 Å². The number of urea groups is 1. The molecule has 1 rings (SSSR count). The van der Waals surface area contributed by atoms with E-state index in [0.717, 1.165) is 0 Å². The van der Waals surface area contributed by atoms with Crippen LogP contribution in [0.1, 0.15) is 17.9 Å². The summed E-state index contributed by atoms with van der Waals surface area (Å²) in [6.45, 7) is 1.03. The van der Waals surface area contributed by atoms with Gasteiger partial charge in [0.1, 0.15) is 0 Å². The van der Waals surface area contributed by atoms with Gasteiger partial charge in [0.05, 0.1) is 5.92 Å². The molecule has 0 bridgehead atoms. The zero-order valence-electron chi connectivity index (χ0n) is 10.6. The number of carbonyl (C=O) groups is 2. The summed E-state index contributed by atoms with van der Waals surface area (Å²) < 4.78 is 0. The lowest BCUT2D eigenvalue weighted by molar-refractivity contribution is -0.138. The number of benzene rings is 1. The van der Waals surface area contributed by atoms with Crippen LogP contribution in [0.5, 0.6) is 0 Å². The lowest BCUT2D eigenvalue weighted by atomic mass is 9.99. The number of aliphatic carboxylic acids is 1. The Morgan fingerprint density at radius 3 is 2.47 bits per heavy atom. The third kappa shape index (κ3) is 5.39. The Bertz CT molecular complexity index is 409. The van der Waals surface area contributed by atoms with E-state index in [1.165, 1.54) is 0 Å².